The predicted octanol–water partition coefficient (Wildman–Crippen LogP) is 0.205. The lowest BCUT2D eigenvalue weighted by atomic mass is 9.98. The van der Waals surface area contributed by atoms with Crippen LogP contribution < -0.4 is 10.6 Å². The van der Waals surface area contributed by atoms with Crippen molar-refractivity contribution in [1.82, 2.24) is 10.6 Å². The molecule has 54 valence electrons. The lowest BCUT2D eigenvalue weighted by molar-refractivity contribution is 0.365. The number of hydrogen-bond acceptors (Lipinski definition) is 2. The van der Waals surface area contributed by atoms with E-state index in [0.29, 0.717) is 0 Å². The van der Waals surface area contributed by atoms with Crippen LogP contribution in [0.15, 0.2) is 0 Å². The Morgan fingerprint density at radius 3 is 2.67 bits per heavy atom. The Kier molecular flexibility index (Phi) is 3.01. The molecule has 9 heavy (non-hydrogen) atoms. The van der Waals surface area contributed by atoms with E-state index in [1.807, 2.05) is 7.05 Å². The normalized spacial score (nSPS) is 22.3. The highest BCUT2D eigenvalue weighted by Crippen LogP contribution is 2.08. The van der Waals surface area contributed by atoms with Crippen molar-refractivity contribution in [2.75, 3.05) is 26.7 Å². The smallest absolute Gasteiger partial charge is 0.00226 e. The van der Waals surface area contributed by atoms with Crippen LogP contribution in [0.4, 0.5) is 0 Å². The molecule has 1 saturated heterocycles. The Hall–Kier alpha value is -0.0800. The molecular weight excluding hydrogens is 112 g/mol. The minimum absolute atomic E-state index is 0.927. The maximum Gasteiger partial charge on any atom is -0.00226 e. The highest BCUT2D eigenvalue weighted by molar-refractivity contribution is 4.69. The van der Waals surface area contributed by atoms with Crippen LogP contribution in [0.5, 0.6) is 0 Å². The lowest BCUT2D eigenvalue weighted by Crippen LogP contribution is -2.32. The fraction of sp³-hybridized carbons (Fsp3) is 1.00. The number of piperidine rings is 1. The molecule has 1 aliphatic heterocycles. The number of nitrogens with one attached hydrogen (secondary N) is 2. The highest BCUT2D eigenvalue weighted by atomic mass is 14.9. The summed E-state index contributed by atoms with van der Waals surface area (Å²) in [5.41, 5.74) is 0. The first-order valence-electron chi connectivity index (χ1n) is 3.79. The maximum absolute atomic E-state index is 3.35. The molecule has 0 saturated carbocycles. The van der Waals surface area contributed by atoms with Gasteiger partial charge in [0.1, 0.15) is 0 Å². The molecule has 1 aliphatic rings. The zero-order valence-electron chi connectivity index (χ0n) is 6.11. The van der Waals surface area contributed by atoms with Gasteiger partial charge in [-0.05, 0) is 45.4 Å². The molecule has 0 aromatic carbocycles. The van der Waals surface area contributed by atoms with Gasteiger partial charge >= 0.3 is 0 Å². The van der Waals surface area contributed by atoms with E-state index >= 15 is 0 Å². The molecule has 0 aromatic heterocycles. The van der Waals surface area contributed by atoms with E-state index in [4.69, 9.17) is 0 Å². The van der Waals surface area contributed by atoms with Gasteiger partial charge in [-0.2, -0.15) is 0 Å². The van der Waals surface area contributed by atoms with Crippen LogP contribution in [0.2, 0.25) is 0 Å². The van der Waals surface area contributed by atoms with E-state index in [2.05, 4.69) is 10.6 Å². The van der Waals surface area contributed by atoms with Crippen LogP contribution in [-0.2, 0) is 0 Å². The molecule has 0 unspecified atom stereocenters. The molecule has 1 fully saturated rings. The average Bonchev–Trinajstić information content (AvgIpc) is 1.91. The molecule has 2 heteroatoms. The minimum Gasteiger partial charge on any atom is -0.319 e. The summed E-state index contributed by atoms with van der Waals surface area (Å²) in [5, 5.41) is 6.55. The van der Waals surface area contributed by atoms with E-state index in [1.54, 1.807) is 0 Å². The van der Waals surface area contributed by atoms with Crippen LogP contribution >= 0.6 is 0 Å². The minimum atomic E-state index is 0.927. The summed E-state index contributed by atoms with van der Waals surface area (Å²) in [7, 11) is 2.03. The Morgan fingerprint density at radius 2 is 2.11 bits per heavy atom. The standard InChI is InChI=1S/C7H16N2/c1-8-6-7-2-4-9-5-3-7/h7-9H,2-6H2,1H3. The monoisotopic (exact) mass is 128 g/mol. The first-order valence-corrected chi connectivity index (χ1v) is 3.79. The second-order valence-corrected chi connectivity index (χ2v) is 2.75. The molecule has 2 nitrogen and oxygen atoms in total. The Morgan fingerprint density at radius 1 is 1.44 bits per heavy atom. The molecule has 0 atom stereocenters. The second kappa shape index (κ2) is 3.85. The molecule has 0 radical (unpaired) electrons. The first-order chi connectivity index (χ1) is 4.43. The van der Waals surface area contributed by atoms with E-state index in [-0.39, 0.29) is 0 Å². The van der Waals surface area contributed by atoms with Gasteiger partial charge in [-0.15, -0.1) is 0 Å². The van der Waals surface area contributed by atoms with Crippen molar-refractivity contribution in [3.05, 3.63) is 0 Å². The van der Waals surface area contributed by atoms with E-state index in [9.17, 15) is 0 Å². The fourth-order valence-electron chi connectivity index (χ4n) is 1.37. The summed E-state index contributed by atoms with van der Waals surface area (Å²) < 4.78 is 0. The van der Waals surface area contributed by atoms with Crippen LogP contribution in [0.1, 0.15) is 12.8 Å². The highest BCUT2D eigenvalue weighted by Gasteiger charge is 2.10. The zero-order chi connectivity index (χ0) is 6.53. The van der Waals surface area contributed by atoms with Gasteiger partial charge in [0.15, 0.2) is 0 Å². The van der Waals surface area contributed by atoms with Gasteiger partial charge < -0.3 is 10.6 Å². The van der Waals surface area contributed by atoms with Crippen molar-refractivity contribution in [3.8, 4) is 0 Å². The predicted molar refractivity (Wildman–Crippen MR) is 39.5 cm³/mol. The van der Waals surface area contributed by atoms with Gasteiger partial charge in [0, 0.05) is 0 Å². The van der Waals surface area contributed by atoms with Crippen molar-refractivity contribution >= 4 is 0 Å². The Bertz CT molecular complexity index is 64.6. The summed E-state index contributed by atoms with van der Waals surface area (Å²) >= 11 is 0. The van der Waals surface area contributed by atoms with E-state index in [0.717, 1.165) is 5.92 Å². The molecule has 1 rings (SSSR count). The molecular formula is C7H16N2. The van der Waals surface area contributed by atoms with Gasteiger partial charge in [0.25, 0.3) is 0 Å². The molecule has 0 aliphatic carbocycles. The van der Waals surface area contributed by atoms with Crippen LogP contribution in [-0.4, -0.2) is 26.7 Å². The van der Waals surface area contributed by atoms with Crippen molar-refractivity contribution in [1.29, 1.82) is 0 Å². The lowest BCUT2D eigenvalue weighted by Gasteiger charge is -2.21. The third kappa shape index (κ3) is 2.33. The van der Waals surface area contributed by atoms with Gasteiger partial charge in [-0.1, -0.05) is 0 Å². The molecule has 0 spiro atoms. The topological polar surface area (TPSA) is 24.1 Å². The fourth-order valence-corrected chi connectivity index (χ4v) is 1.37. The van der Waals surface area contributed by atoms with Crippen molar-refractivity contribution < 1.29 is 0 Å². The van der Waals surface area contributed by atoms with Crippen LogP contribution in [0.3, 0.4) is 0 Å². The zero-order valence-corrected chi connectivity index (χ0v) is 6.11. The maximum atomic E-state index is 3.35. The van der Waals surface area contributed by atoms with Crippen LogP contribution in [0.25, 0.3) is 0 Å². The summed E-state index contributed by atoms with van der Waals surface area (Å²) in [6.07, 6.45) is 2.70. The number of rotatable bonds is 2. The SMILES string of the molecule is CNCC1CCNCC1. The van der Waals surface area contributed by atoms with Crippen LogP contribution in [0, 0.1) is 5.92 Å². The third-order valence-corrected chi connectivity index (χ3v) is 1.95. The molecule has 0 aromatic rings. The summed E-state index contributed by atoms with van der Waals surface area (Å²) in [6, 6.07) is 0. The molecule has 1 heterocycles. The third-order valence-electron chi connectivity index (χ3n) is 1.95. The van der Waals surface area contributed by atoms with E-state index in [1.165, 1.54) is 32.5 Å². The summed E-state index contributed by atoms with van der Waals surface area (Å²) in [5.74, 6) is 0.927. The van der Waals surface area contributed by atoms with Gasteiger partial charge in [-0.25, -0.2) is 0 Å². The van der Waals surface area contributed by atoms with Crippen molar-refractivity contribution in [2.45, 2.75) is 12.8 Å². The average molecular weight is 128 g/mol. The first kappa shape index (κ1) is 7.03. The summed E-state index contributed by atoms with van der Waals surface area (Å²) in [4.78, 5) is 0. The molecule has 0 bridgehead atoms. The van der Waals surface area contributed by atoms with Crippen molar-refractivity contribution in [3.63, 3.8) is 0 Å². The quantitative estimate of drug-likeness (QED) is 0.555. The second-order valence-electron chi connectivity index (χ2n) is 2.75. The van der Waals surface area contributed by atoms with Crippen molar-refractivity contribution in [2.24, 2.45) is 5.92 Å². The van der Waals surface area contributed by atoms with Gasteiger partial charge in [0.2, 0.25) is 0 Å². The Labute approximate surface area is 57.0 Å². The molecule has 0 amide bonds. The largest absolute Gasteiger partial charge is 0.319 e. The van der Waals surface area contributed by atoms with Gasteiger partial charge in [0.05, 0.1) is 0 Å². The number of hydrogen-bond donors (Lipinski definition) is 2. The Balaban J connectivity index is 2.08. The van der Waals surface area contributed by atoms with Gasteiger partial charge in [-0.3, -0.25) is 0 Å². The van der Waals surface area contributed by atoms with E-state index < -0.39 is 0 Å². The summed E-state index contributed by atoms with van der Waals surface area (Å²) in [6.45, 7) is 3.63. The molecule has 2 N–H and O–H groups in total.